The first-order chi connectivity index (χ1) is 25.9. The number of thioether (sulfide) groups is 1. The lowest BCUT2D eigenvalue weighted by Crippen LogP contribution is -2.30. The Balaban J connectivity index is 1.15. The maximum absolute atomic E-state index is 13.7. The van der Waals surface area contributed by atoms with Gasteiger partial charge in [0.25, 0.3) is 11.8 Å². The second-order valence-electron chi connectivity index (χ2n) is 11.7. The minimum atomic E-state index is -0.561. The summed E-state index contributed by atoms with van der Waals surface area (Å²) in [6.45, 7) is 2.44. The maximum Gasteiger partial charge on any atom is 0.272 e. The second kappa shape index (κ2) is 18.1. The third-order valence-corrected chi connectivity index (χ3v) is 9.10. The Hall–Kier alpha value is -6.58. The molecule has 3 N–H and O–H groups in total. The number of ether oxygens (including phenoxy) is 2. The molecule has 8 nitrogen and oxygen atoms in total. The van der Waals surface area contributed by atoms with E-state index < -0.39 is 17.1 Å². The minimum Gasteiger partial charge on any atom is -0.494 e. The molecule has 0 heterocycles. The van der Waals surface area contributed by atoms with Crippen molar-refractivity contribution >= 4 is 46.9 Å². The van der Waals surface area contributed by atoms with Crippen molar-refractivity contribution in [2.75, 3.05) is 17.2 Å². The Kier molecular flexibility index (Phi) is 12.4. The molecule has 0 aliphatic rings. The topological polar surface area (TPSA) is 106 Å². The SMILES string of the molecule is CCOc1ccc(/C=C(\NC(=O)c2ccccc2)C(=O)Nc2ccc(SC(C(=O)Nc3ccc(Oc4ccccc4)cc3)c3ccccc3)cc2)cc1. The van der Waals surface area contributed by atoms with Crippen LogP contribution in [-0.4, -0.2) is 24.3 Å². The molecule has 0 bridgehead atoms. The summed E-state index contributed by atoms with van der Waals surface area (Å²) in [7, 11) is 0. The van der Waals surface area contributed by atoms with Gasteiger partial charge in [-0.3, -0.25) is 14.4 Å². The van der Waals surface area contributed by atoms with Crippen LogP contribution in [-0.2, 0) is 9.59 Å². The average molecular weight is 720 g/mol. The molecule has 0 radical (unpaired) electrons. The van der Waals surface area contributed by atoms with Crippen LogP contribution in [0.1, 0.15) is 33.7 Å². The zero-order valence-corrected chi connectivity index (χ0v) is 29.7. The fraction of sp³-hybridized carbons (Fsp3) is 0.0682. The molecule has 0 aliphatic heterocycles. The number of carbonyl (C=O) groups excluding carboxylic acids is 3. The molecule has 53 heavy (non-hydrogen) atoms. The monoisotopic (exact) mass is 719 g/mol. The van der Waals surface area contributed by atoms with Crippen LogP contribution < -0.4 is 25.4 Å². The molecule has 0 aliphatic carbocycles. The largest absolute Gasteiger partial charge is 0.494 e. The molecule has 0 saturated carbocycles. The number of para-hydroxylation sites is 1. The predicted molar refractivity (Wildman–Crippen MR) is 211 cm³/mol. The van der Waals surface area contributed by atoms with Crippen molar-refractivity contribution in [2.24, 2.45) is 0 Å². The van der Waals surface area contributed by atoms with E-state index in [1.165, 1.54) is 11.8 Å². The van der Waals surface area contributed by atoms with Gasteiger partial charge >= 0.3 is 0 Å². The van der Waals surface area contributed by atoms with E-state index >= 15 is 0 Å². The molecule has 6 aromatic rings. The molecular formula is C44H37N3O5S. The molecule has 3 amide bonds. The second-order valence-corrected chi connectivity index (χ2v) is 12.9. The van der Waals surface area contributed by atoms with Gasteiger partial charge in [0, 0.05) is 21.8 Å². The lowest BCUT2D eigenvalue weighted by atomic mass is 10.1. The third kappa shape index (κ3) is 10.5. The number of hydrogen-bond donors (Lipinski definition) is 3. The zero-order valence-electron chi connectivity index (χ0n) is 28.9. The summed E-state index contributed by atoms with van der Waals surface area (Å²) in [6.07, 6.45) is 1.61. The maximum atomic E-state index is 13.7. The van der Waals surface area contributed by atoms with Crippen LogP contribution in [0.25, 0.3) is 6.08 Å². The number of carbonyl (C=O) groups is 3. The van der Waals surface area contributed by atoms with Crippen LogP contribution in [0.2, 0.25) is 0 Å². The fourth-order valence-electron chi connectivity index (χ4n) is 5.23. The first-order valence-corrected chi connectivity index (χ1v) is 17.9. The van der Waals surface area contributed by atoms with Crippen molar-refractivity contribution < 1.29 is 23.9 Å². The quantitative estimate of drug-likeness (QED) is 0.0765. The van der Waals surface area contributed by atoms with E-state index in [-0.39, 0.29) is 11.6 Å². The molecule has 0 aromatic heterocycles. The van der Waals surface area contributed by atoms with Gasteiger partial charge in [0.1, 0.15) is 28.2 Å². The van der Waals surface area contributed by atoms with Gasteiger partial charge < -0.3 is 25.4 Å². The summed E-state index contributed by atoms with van der Waals surface area (Å²) in [6, 6.07) is 49.4. The van der Waals surface area contributed by atoms with Crippen LogP contribution in [0.4, 0.5) is 11.4 Å². The van der Waals surface area contributed by atoms with Crippen molar-refractivity contribution in [3.05, 3.63) is 186 Å². The first-order valence-electron chi connectivity index (χ1n) is 17.0. The van der Waals surface area contributed by atoms with Crippen LogP contribution in [0, 0.1) is 0 Å². The summed E-state index contributed by atoms with van der Waals surface area (Å²) >= 11 is 1.39. The molecule has 0 fully saturated rings. The van der Waals surface area contributed by atoms with E-state index in [1.54, 1.807) is 66.7 Å². The molecule has 0 saturated heterocycles. The van der Waals surface area contributed by atoms with E-state index in [1.807, 2.05) is 110 Å². The Bertz CT molecular complexity index is 2140. The highest BCUT2D eigenvalue weighted by Gasteiger charge is 2.23. The van der Waals surface area contributed by atoms with Crippen LogP contribution in [0.15, 0.2) is 174 Å². The van der Waals surface area contributed by atoms with Crippen molar-refractivity contribution in [3.8, 4) is 17.2 Å². The van der Waals surface area contributed by atoms with E-state index in [0.29, 0.717) is 40.6 Å². The summed E-state index contributed by atoms with van der Waals surface area (Å²) in [5.41, 5.74) is 3.20. The van der Waals surface area contributed by atoms with Gasteiger partial charge in [-0.05, 0) is 109 Å². The summed E-state index contributed by atoms with van der Waals surface area (Å²) in [5.74, 6) is 1.00. The lowest BCUT2D eigenvalue weighted by molar-refractivity contribution is -0.116. The van der Waals surface area contributed by atoms with Crippen LogP contribution in [0.3, 0.4) is 0 Å². The molecule has 6 rings (SSSR count). The molecule has 0 spiro atoms. The summed E-state index contributed by atoms with van der Waals surface area (Å²) < 4.78 is 11.4. The Labute approximate surface area is 312 Å². The number of amides is 3. The van der Waals surface area contributed by atoms with Crippen molar-refractivity contribution in [2.45, 2.75) is 17.1 Å². The van der Waals surface area contributed by atoms with Crippen LogP contribution in [0.5, 0.6) is 17.2 Å². The normalized spacial score (nSPS) is 11.5. The van der Waals surface area contributed by atoms with E-state index in [2.05, 4.69) is 16.0 Å². The van der Waals surface area contributed by atoms with Gasteiger partial charge in [-0.2, -0.15) is 0 Å². The van der Waals surface area contributed by atoms with E-state index in [0.717, 1.165) is 16.2 Å². The Morgan fingerprint density at radius 3 is 1.81 bits per heavy atom. The predicted octanol–water partition coefficient (Wildman–Crippen LogP) is 9.76. The van der Waals surface area contributed by atoms with Gasteiger partial charge in [0.15, 0.2) is 0 Å². The smallest absolute Gasteiger partial charge is 0.272 e. The summed E-state index contributed by atoms with van der Waals surface area (Å²) in [5, 5.41) is 8.14. The van der Waals surface area contributed by atoms with Crippen molar-refractivity contribution in [1.82, 2.24) is 5.32 Å². The van der Waals surface area contributed by atoms with E-state index in [4.69, 9.17) is 9.47 Å². The van der Waals surface area contributed by atoms with Gasteiger partial charge in [0.05, 0.1) is 6.61 Å². The fourth-order valence-corrected chi connectivity index (χ4v) is 6.25. The lowest BCUT2D eigenvalue weighted by Gasteiger charge is -2.18. The van der Waals surface area contributed by atoms with Gasteiger partial charge in [0.2, 0.25) is 5.91 Å². The number of anilines is 2. The molecular weight excluding hydrogens is 683 g/mol. The Morgan fingerprint density at radius 2 is 1.17 bits per heavy atom. The average Bonchev–Trinajstić information content (AvgIpc) is 3.20. The number of benzene rings is 6. The molecule has 264 valence electrons. The standard InChI is InChI=1S/C44H37N3O5S/c1-2-51-36-24-18-31(19-25-36)30-40(47-42(48)33-14-8-4-9-15-33)43(49)45-35-22-28-39(29-23-35)53-41(32-12-6-3-7-13-32)44(50)46-34-20-26-38(27-21-34)52-37-16-10-5-11-17-37/h3-30,41H,2H2,1H3,(H,45,49)(H,46,50)(H,47,48)/b40-30-. The van der Waals surface area contributed by atoms with Gasteiger partial charge in [-0.25, -0.2) is 0 Å². The molecule has 6 aromatic carbocycles. The van der Waals surface area contributed by atoms with Crippen molar-refractivity contribution in [3.63, 3.8) is 0 Å². The number of hydrogen-bond acceptors (Lipinski definition) is 6. The zero-order chi connectivity index (χ0) is 36.8. The van der Waals surface area contributed by atoms with Crippen molar-refractivity contribution in [1.29, 1.82) is 0 Å². The van der Waals surface area contributed by atoms with Crippen LogP contribution >= 0.6 is 11.8 Å². The highest BCUT2D eigenvalue weighted by molar-refractivity contribution is 8.00. The molecule has 1 atom stereocenters. The Morgan fingerprint density at radius 1 is 0.623 bits per heavy atom. The number of nitrogens with one attached hydrogen (secondary N) is 3. The summed E-state index contributed by atoms with van der Waals surface area (Å²) in [4.78, 5) is 41.2. The first kappa shape index (κ1) is 36.2. The van der Waals surface area contributed by atoms with Gasteiger partial charge in [-0.15, -0.1) is 11.8 Å². The minimum absolute atomic E-state index is 0.0712. The molecule has 1 unspecified atom stereocenters. The highest BCUT2D eigenvalue weighted by Crippen LogP contribution is 2.37. The number of rotatable bonds is 14. The van der Waals surface area contributed by atoms with Gasteiger partial charge in [-0.1, -0.05) is 78.9 Å². The highest BCUT2D eigenvalue weighted by atomic mass is 32.2. The molecule has 9 heteroatoms. The third-order valence-electron chi connectivity index (χ3n) is 7.84. The van der Waals surface area contributed by atoms with E-state index in [9.17, 15) is 14.4 Å².